The number of fused-ring (bicyclic) bond motifs is 1. The van der Waals surface area contributed by atoms with Crippen LogP contribution in [0.4, 0.5) is 11.4 Å². The molecule has 4 heteroatoms. The molecule has 1 fully saturated rings. The second-order valence-corrected chi connectivity index (χ2v) is 7.16. The first-order valence-corrected chi connectivity index (χ1v) is 9.28. The summed E-state index contributed by atoms with van der Waals surface area (Å²) < 4.78 is 0. The van der Waals surface area contributed by atoms with E-state index in [2.05, 4.69) is 58.1 Å². The number of nitrogens with one attached hydrogen (secondary N) is 2. The van der Waals surface area contributed by atoms with Crippen LogP contribution in [0.2, 0.25) is 5.02 Å². The van der Waals surface area contributed by atoms with Crippen molar-refractivity contribution in [3.05, 3.63) is 65.8 Å². The summed E-state index contributed by atoms with van der Waals surface area (Å²) in [6, 6.07) is 19.5. The summed E-state index contributed by atoms with van der Waals surface area (Å²) in [7, 11) is 0. The highest BCUT2D eigenvalue weighted by atomic mass is 35.5. The van der Waals surface area contributed by atoms with Crippen LogP contribution in [-0.4, -0.2) is 17.1 Å². The van der Waals surface area contributed by atoms with Crippen molar-refractivity contribution in [3.63, 3.8) is 0 Å². The van der Waals surface area contributed by atoms with Gasteiger partial charge in [-0.1, -0.05) is 29.8 Å². The molecule has 0 atom stereocenters. The Bertz CT molecular complexity index is 842. The van der Waals surface area contributed by atoms with E-state index in [0.717, 1.165) is 21.6 Å². The number of nitrogens with zero attached hydrogens (tertiary/aromatic N) is 1. The standard InChI is InChI=1S/C21H22ClN3/c22-15-6-11-19-20(12-13-23-21(19)14-15)25-18-9-7-17(8-10-18)24-16-4-2-1-3-5-16/h1-6,11-14,17-18,24H,7-10H2,(H,23,25)/t17-,18+. The average Bonchev–Trinajstić information content (AvgIpc) is 2.64. The van der Waals surface area contributed by atoms with E-state index in [1.54, 1.807) is 0 Å². The molecule has 0 unspecified atom stereocenters. The molecule has 1 aliphatic rings. The van der Waals surface area contributed by atoms with E-state index in [1.807, 2.05) is 18.3 Å². The Morgan fingerprint density at radius 2 is 1.56 bits per heavy atom. The number of rotatable bonds is 4. The maximum absolute atomic E-state index is 6.08. The second-order valence-electron chi connectivity index (χ2n) is 6.72. The molecule has 1 aromatic heterocycles. The van der Waals surface area contributed by atoms with Gasteiger partial charge >= 0.3 is 0 Å². The summed E-state index contributed by atoms with van der Waals surface area (Å²) in [5, 5.41) is 9.23. The molecule has 3 nitrogen and oxygen atoms in total. The van der Waals surface area contributed by atoms with Gasteiger partial charge in [-0.3, -0.25) is 4.98 Å². The van der Waals surface area contributed by atoms with Crippen LogP contribution in [0.3, 0.4) is 0 Å². The van der Waals surface area contributed by atoms with Gasteiger partial charge in [0.2, 0.25) is 0 Å². The van der Waals surface area contributed by atoms with Gasteiger partial charge in [0.25, 0.3) is 0 Å². The van der Waals surface area contributed by atoms with Gasteiger partial charge < -0.3 is 10.6 Å². The van der Waals surface area contributed by atoms with Gasteiger partial charge in [-0.05, 0) is 62.1 Å². The number of anilines is 2. The molecular weight excluding hydrogens is 330 g/mol. The molecule has 0 aliphatic heterocycles. The van der Waals surface area contributed by atoms with Gasteiger partial charge in [0.05, 0.1) is 5.52 Å². The molecule has 3 aromatic rings. The summed E-state index contributed by atoms with van der Waals surface area (Å²) in [4.78, 5) is 4.42. The Labute approximate surface area is 153 Å². The number of halogens is 1. The van der Waals surface area contributed by atoms with Crippen molar-refractivity contribution >= 4 is 33.9 Å². The van der Waals surface area contributed by atoms with Crippen LogP contribution in [0.25, 0.3) is 10.9 Å². The molecule has 2 aromatic carbocycles. The van der Waals surface area contributed by atoms with Crippen molar-refractivity contribution in [3.8, 4) is 0 Å². The van der Waals surface area contributed by atoms with Crippen LogP contribution >= 0.6 is 11.6 Å². The number of pyridine rings is 1. The first-order chi connectivity index (χ1) is 12.3. The van der Waals surface area contributed by atoms with Gasteiger partial charge in [-0.15, -0.1) is 0 Å². The van der Waals surface area contributed by atoms with E-state index in [4.69, 9.17) is 11.6 Å². The van der Waals surface area contributed by atoms with Crippen LogP contribution in [0, 0.1) is 0 Å². The van der Waals surface area contributed by atoms with Crippen LogP contribution in [0.15, 0.2) is 60.8 Å². The SMILES string of the molecule is Clc1ccc2c(N[C@H]3CC[C@@H](Nc4ccccc4)CC3)ccnc2c1. The zero-order chi connectivity index (χ0) is 17.1. The molecule has 25 heavy (non-hydrogen) atoms. The Morgan fingerprint density at radius 3 is 2.32 bits per heavy atom. The number of aromatic nitrogens is 1. The van der Waals surface area contributed by atoms with Crippen molar-refractivity contribution in [1.29, 1.82) is 0 Å². The topological polar surface area (TPSA) is 37.0 Å². The Hall–Kier alpha value is -2.26. The van der Waals surface area contributed by atoms with E-state index < -0.39 is 0 Å². The molecule has 0 radical (unpaired) electrons. The zero-order valence-electron chi connectivity index (χ0n) is 14.1. The molecule has 4 rings (SSSR count). The lowest BCUT2D eigenvalue weighted by Gasteiger charge is -2.31. The summed E-state index contributed by atoms with van der Waals surface area (Å²) in [5.41, 5.74) is 3.31. The van der Waals surface area contributed by atoms with E-state index in [0.29, 0.717) is 12.1 Å². The average molecular weight is 352 g/mol. The minimum atomic E-state index is 0.509. The third-order valence-electron chi connectivity index (χ3n) is 4.94. The molecule has 1 aliphatic carbocycles. The molecule has 0 spiro atoms. The molecule has 2 N–H and O–H groups in total. The number of hydrogen-bond donors (Lipinski definition) is 2. The number of para-hydroxylation sites is 1. The fraction of sp³-hybridized carbons (Fsp3) is 0.286. The van der Waals surface area contributed by atoms with Crippen molar-refractivity contribution in [2.24, 2.45) is 0 Å². The first-order valence-electron chi connectivity index (χ1n) is 8.90. The summed E-state index contributed by atoms with van der Waals surface area (Å²) in [6.45, 7) is 0. The Kier molecular flexibility index (Phi) is 4.75. The van der Waals surface area contributed by atoms with Gasteiger partial charge in [-0.25, -0.2) is 0 Å². The molecule has 0 saturated heterocycles. The van der Waals surface area contributed by atoms with Gasteiger partial charge in [0, 0.05) is 40.1 Å². The van der Waals surface area contributed by atoms with E-state index in [-0.39, 0.29) is 0 Å². The lowest BCUT2D eigenvalue weighted by Crippen LogP contribution is -2.32. The third-order valence-corrected chi connectivity index (χ3v) is 5.17. The largest absolute Gasteiger partial charge is 0.382 e. The summed E-state index contributed by atoms with van der Waals surface area (Å²) in [6.07, 6.45) is 6.55. The fourth-order valence-electron chi connectivity index (χ4n) is 3.62. The van der Waals surface area contributed by atoms with E-state index in [9.17, 15) is 0 Å². The van der Waals surface area contributed by atoms with Crippen molar-refractivity contribution in [1.82, 2.24) is 4.98 Å². The molecule has 0 amide bonds. The van der Waals surface area contributed by atoms with Crippen LogP contribution < -0.4 is 10.6 Å². The Morgan fingerprint density at radius 1 is 0.840 bits per heavy atom. The number of benzene rings is 2. The van der Waals surface area contributed by atoms with E-state index in [1.165, 1.54) is 31.4 Å². The molecule has 0 bridgehead atoms. The minimum absolute atomic E-state index is 0.509. The minimum Gasteiger partial charge on any atom is -0.382 e. The predicted octanol–water partition coefficient (Wildman–Crippen LogP) is 5.72. The molecule has 128 valence electrons. The van der Waals surface area contributed by atoms with Crippen LogP contribution in [0.5, 0.6) is 0 Å². The quantitative estimate of drug-likeness (QED) is 0.630. The molecule has 1 heterocycles. The highest BCUT2D eigenvalue weighted by Gasteiger charge is 2.21. The van der Waals surface area contributed by atoms with Crippen LogP contribution in [0.1, 0.15) is 25.7 Å². The van der Waals surface area contributed by atoms with Gasteiger partial charge in [0.15, 0.2) is 0 Å². The van der Waals surface area contributed by atoms with Crippen molar-refractivity contribution in [2.75, 3.05) is 10.6 Å². The lowest BCUT2D eigenvalue weighted by atomic mass is 9.90. The highest BCUT2D eigenvalue weighted by Crippen LogP contribution is 2.29. The highest BCUT2D eigenvalue weighted by molar-refractivity contribution is 6.31. The van der Waals surface area contributed by atoms with Crippen molar-refractivity contribution < 1.29 is 0 Å². The zero-order valence-corrected chi connectivity index (χ0v) is 14.8. The fourth-order valence-corrected chi connectivity index (χ4v) is 3.79. The van der Waals surface area contributed by atoms with Crippen molar-refractivity contribution in [2.45, 2.75) is 37.8 Å². The van der Waals surface area contributed by atoms with Gasteiger partial charge in [-0.2, -0.15) is 0 Å². The monoisotopic (exact) mass is 351 g/mol. The first kappa shape index (κ1) is 16.2. The lowest BCUT2D eigenvalue weighted by molar-refractivity contribution is 0.429. The Balaban J connectivity index is 1.39. The normalized spacial score (nSPS) is 20.4. The maximum Gasteiger partial charge on any atom is 0.0737 e. The summed E-state index contributed by atoms with van der Waals surface area (Å²) >= 11 is 6.08. The predicted molar refractivity (Wildman–Crippen MR) is 106 cm³/mol. The van der Waals surface area contributed by atoms with Gasteiger partial charge in [0.1, 0.15) is 0 Å². The number of hydrogen-bond acceptors (Lipinski definition) is 3. The third kappa shape index (κ3) is 3.88. The van der Waals surface area contributed by atoms with Crippen LogP contribution in [-0.2, 0) is 0 Å². The molecular formula is C21H22ClN3. The molecule has 1 saturated carbocycles. The summed E-state index contributed by atoms with van der Waals surface area (Å²) in [5.74, 6) is 0. The van der Waals surface area contributed by atoms with E-state index >= 15 is 0 Å². The smallest absolute Gasteiger partial charge is 0.0737 e. The second kappa shape index (κ2) is 7.32. The maximum atomic E-state index is 6.08.